The molecule has 0 aromatic carbocycles. The Bertz CT molecular complexity index is 306. The van der Waals surface area contributed by atoms with E-state index in [-0.39, 0.29) is 0 Å². The van der Waals surface area contributed by atoms with Crippen LogP contribution in [0.4, 0.5) is 5.95 Å². The van der Waals surface area contributed by atoms with E-state index in [1.807, 2.05) is 0 Å². The van der Waals surface area contributed by atoms with E-state index in [0.29, 0.717) is 12.0 Å². The molecule has 3 nitrogen and oxygen atoms in total. The van der Waals surface area contributed by atoms with Crippen molar-refractivity contribution in [3.63, 3.8) is 0 Å². The number of hydrogen-bond donors (Lipinski definition) is 1. The van der Waals surface area contributed by atoms with Gasteiger partial charge in [0, 0.05) is 18.4 Å². The third kappa shape index (κ3) is 1.54. The lowest BCUT2D eigenvalue weighted by Crippen LogP contribution is -2.04. The maximum Gasteiger partial charge on any atom is 0.222 e. The van der Waals surface area contributed by atoms with Crippen LogP contribution in [0.25, 0.3) is 0 Å². The van der Waals surface area contributed by atoms with E-state index in [1.54, 1.807) is 12.4 Å². The second-order valence-corrected chi connectivity index (χ2v) is 2.86. The van der Waals surface area contributed by atoms with Gasteiger partial charge in [0.15, 0.2) is 0 Å². The van der Waals surface area contributed by atoms with Gasteiger partial charge < -0.3 is 5.32 Å². The fraction of sp³-hybridized carbons (Fsp3) is 0.333. The highest BCUT2D eigenvalue weighted by Crippen LogP contribution is 2.22. The van der Waals surface area contributed by atoms with Crippen LogP contribution >= 0.6 is 0 Å². The second-order valence-electron chi connectivity index (χ2n) is 2.86. The molecule has 1 aliphatic carbocycles. The van der Waals surface area contributed by atoms with E-state index in [0.717, 1.165) is 5.56 Å². The van der Waals surface area contributed by atoms with E-state index >= 15 is 0 Å². The first-order valence-corrected chi connectivity index (χ1v) is 3.93. The van der Waals surface area contributed by atoms with Crippen LogP contribution in [0.2, 0.25) is 0 Å². The standard InChI is InChI=1S/C9H9N3/c1-2-7-5-10-9(11-6-7)12-8-3-4-8/h1,5-6,8H,3-4H2,(H,10,11,12). The fourth-order valence-corrected chi connectivity index (χ4v) is 0.887. The molecule has 0 atom stereocenters. The summed E-state index contributed by atoms with van der Waals surface area (Å²) < 4.78 is 0. The van der Waals surface area contributed by atoms with Gasteiger partial charge in [0.2, 0.25) is 5.95 Å². The first-order chi connectivity index (χ1) is 5.88. The van der Waals surface area contributed by atoms with Crippen molar-refractivity contribution in [1.29, 1.82) is 0 Å². The van der Waals surface area contributed by atoms with E-state index < -0.39 is 0 Å². The Morgan fingerprint density at radius 3 is 2.58 bits per heavy atom. The Balaban J connectivity index is 2.08. The largest absolute Gasteiger partial charge is 0.351 e. The molecule has 1 aromatic heterocycles. The van der Waals surface area contributed by atoms with E-state index in [4.69, 9.17) is 6.42 Å². The summed E-state index contributed by atoms with van der Waals surface area (Å²) in [4.78, 5) is 8.13. The number of rotatable bonds is 2. The van der Waals surface area contributed by atoms with Gasteiger partial charge in [-0.05, 0) is 12.8 Å². The van der Waals surface area contributed by atoms with Gasteiger partial charge in [0.05, 0.1) is 5.56 Å². The summed E-state index contributed by atoms with van der Waals surface area (Å²) in [5.74, 6) is 3.15. The maximum atomic E-state index is 5.16. The molecular weight excluding hydrogens is 150 g/mol. The molecule has 0 radical (unpaired) electrons. The van der Waals surface area contributed by atoms with Crippen LogP contribution in [0.15, 0.2) is 12.4 Å². The third-order valence-corrected chi connectivity index (χ3v) is 1.73. The second kappa shape index (κ2) is 2.82. The van der Waals surface area contributed by atoms with Crippen molar-refractivity contribution in [3.05, 3.63) is 18.0 Å². The zero-order valence-corrected chi connectivity index (χ0v) is 6.62. The minimum atomic E-state index is 0.585. The lowest BCUT2D eigenvalue weighted by Gasteiger charge is -2.00. The number of anilines is 1. The van der Waals surface area contributed by atoms with Crippen molar-refractivity contribution < 1.29 is 0 Å². The molecule has 0 bridgehead atoms. The average molecular weight is 159 g/mol. The Morgan fingerprint density at radius 2 is 2.08 bits per heavy atom. The van der Waals surface area contributed by atoms with Crippen LogP contribution in [0.5, 0.6) is 0 Å². The molecule has 1 aliphatic rings. The molecule has 60 valence electrons. The number of hydrogen-bond acceptors (Lipinski definition) is 3. The van der Waals surface area contributed by atoms with E-state index in [1.165, 1.54) is 12.8 Å². The van der Waals surface area contributed by atoms with E-state index in [9.17, 15) is 0 Å². The number of terminal acetylenes is 1. The van der Waals surface area contributed by atoms with Crippen molar-refractivity contribution in [2.75, 3.05) is 5.32 Å². The van der Waals surface area contributed by atoms with E-state index in [2.05, 4.69) is 21.2 Å². The van der Waals surface area contributed by atoms with Gasteiger partial charge in [0.1, 0.15) is 0 Å². The summed E-state index contributed by atoms with van der Waals surface area (Å²) >= 11 is 0. The van der Waals surface area contributed by atoms with Gasteiger partial charge in [-0.25, -0.2) is 9.97 Å². The van der Waals surface area contributed by atoms with Crippen LogP contribution in [-0.2, 0) is 0 Å². The smallest absolute Gasteiger partial charge is 0.222 e. The highest BCUT2D eigenvalue weighted by molar-refractivity contribution is 5.33. The predicted octanol–water partition coefficient (Wildman–Crippen LogP) is 1.03. The van der Waals surface area contributed by atoms with Gasteiger partial charge in [-0.2, -0.15) is 0 Å². The Kier molecular flexibility index (Phi) is 1.67. The van der Waals surface area contributed by atoms with Crippen LogP contribution < -0.4 is 5.32 Å². The topological polar surface area (TPSA) is 37.8 Å². The molecular formula is C9H9N3. The molecule has 1 saturated carbocycles. The fourth-order valence-electron chi connectivity index (χ4n) is 0.887. The van der Waals surface area contributed by atoms with Crippen molar-refractivity contribution in [1.82, 2.24) is 9.97 Å². The molecule has 0 spiro atoms. The highest BCUT2D eigenvalue weighted by atomic mass is 15.1. The number of aromatic nitrogens is 2. The predicted molar refractivity (Wildman–Crippen MR) is 46.6 cm³/mol. The highest BCUT2D eigenvalue weighted by Gasteiger charge is 2.21. The lowest BCUT2D eigenvalue weighted by molar-refractivity contribution is 1.05. The molecule has 0 aliphatic heterocycles. The van der Waals surface area contributed by atoms with Crippen LogP contribution in [0.3, 0.4) is 0 Å². The minimum Gasteiger partial charge on any atom is -0.351 e. The molecule has 12 heavy (non-hydrogen) atoms. The lowest BCUT2D eigenvalue weighted by atomic mass is 10.4. The zero-order chi connectivity index (χ0) is 8.39. The van der Waals surface area contributed by atoms with Crippen molar-refractivity contribution in [2.24, 2.45) is 0 Å². The molecule has 1 N–H and O–H groups in total. The number of nitrogens with zero attached hydrogens (tertiary/aromatic N) is 2. The number of nitrogens with one attached hydrogen (secondary N) is 1. The molecule has 0 unspecified atom stereocenters. The quantitative estimate of drug-likeness (QED) is 0.655. The van der Waals surface area contributed by atoms with Crippen LogP contribution in [0.1, 0.15) is 18.4 Å². The molecule has 1 fully saturated rings. The summed E-state index contributed by atoms with van der Waals surface area (Å²) in [6.45, 7) is 0. The van der Waals surface area contributed by atoms with Crippen molar-refractivity contribution in [3.8, 4) is 12.3 Å². The Hall–Kier alpha value is -1.56. The van der Waals surface area contributed by atoms with Gasteiger partial charge >= 0.3 is 0 Å². The Labute approximate surface area is 71.2 Å². The van der Waals surface area contributed by atoms with Gasteiger partial charge in [-0.3, -0.25) is 0 Å². The molecule has 1 heterocycles. The van der Waals surface area contributed by atoms with Crippen molar-refractivity contribution in [2.45, 2.75) is 18.9 Å². The normalized spacial score (nSPS) is 15.2. The average Bonchev–Trinajstić information content (AvgIpc) is 2.90. The summed E-state index contributed by atoms with van der Waals surface area (Å²) in [6.07, 6.45) is 10.9. The monoisotopic (exact) mass is 159 g/mol. The maximum absolute atomic E-state index is 5.16. The molecule has 1 aromatic rings. The summed E-state index contributed by atoms with van der Waals surface area (Å²) in [7, 11) is 0. The molecule has 3 heteroatoms. The van der Waals surface area contributed by atoms with Crippen molar-refractivity contribution >= 4 is 5.95 Å². The zero-order valence-electron chi connectivity index (χ0n) is 6.62. The third-order valence-electron chi connectivity index (χ3n) is 1.73. The molecule has 0 amide bonds. The van der Waals surface area contributed by atoms with Crippen LogP contribution in [0, 0.1) is 12.3 Å². The first kappa shape index (κ1) is 7.11. The van der Waals surface area contributed by atoms with Crippen LogP contribution in [-0.4, -0.2) is 16.0 Å². The first-order valence-electron chi connectivity index (χ1n) is 3.93. The van der Waals surface area contributed by atoms with Gasteiger partial charge in [-0.1, -0.05) is 5.92 Å². The summed E-state index contributed by atoms with van der Waals surface area (Å²) in [5.41, 5.74) is 0.719. The van der Waals surface area contributed by atoms with Gasteiger partial charge in [0.25, 0.3) is 0 Å². The molecule has 0 saturated heterocycles. The minimum absolute atomic E-state index is 0.585. The Morgan fingerprint density at radius 1 is 1.42 bits per heavy atom. The summed E-state index contributed by atoms with van der Waals surface area (Å²) in [6, 6.07) is 0.585. The SMILES string of the molecule is C#Cc1cnc(NC2CC2)nc1. The molecule has 2 rings (SSSR count). The summed E-state index contributed by atoms with van der Waals surface area (Å²) in [5, 5.41) is 3.18. The van der Waals surface area contributed by atoms with Gasteiger partial charge in [-0.15, -0.1) is 6.42 Å².